The van der Waals surface area contributed by atoms with Crippen LogP contribution in [-0.4, -0.2) is 60.2 Å². The van der Waals surface area contributed by atoms with E-state index in [-0.39, 0.29) is 31.0 Å². The van der Waals surface area contributed by atoms with Crippen LogP contribution in [0.2, 0.25) is 5.02 Å². The molecule has 1 aliphatic heterocycles. The molecule has 0 radical (unpaired) electrons. The quantitative estimate of drug-likeness (QED) is 0.394. The van der Waals surface area contributed by atoms with Crippen LogP contribution in [0.3, 0.4) is 0 Å². The largest absolute Gasteiger partial charge is 0.490 e. The van der Waals surface area contributed by atoms with Gasteiger partial charge in [0.15, 0.2) is 0 Å². The van der Waals surface area contributed by atoms with Gasteiger partial charge in [-0.05, 0) is 62.1 Å². The molecule has 3 amide bonds. The van der Waals surface area contributed by atoms with E-state index < -0.39 is 35.0 Å². The summed E-state index contributed by atoms with van der Waals surface area (Å²) in [6.07, 6.45) is 3.11. The van der Waals surface area contributed by atoms with Crippen LogP contribution in [0.1, 0.15) is 60.4 Å². The average Bonchev–Trinajstić information content (AvgIpc) is 2.91. The first-order chi connectivity index (χ1) is 18.7. The van der Waals surface area contributed by atoms with Gasteiger partial charge in [-0.1, -0.05) is 23.7 Å². The Bertz CT molecular complexity index is 1160. The summed E-state index contributed by atoms with van der Waals surface area (Å²) in [6, 6.07) is 9.39. The highest BCUT2D eigenvalue weighted by Gasteiger charge is 2.28. The summed E-state index contributed by atoms with van der Waals surface area (Å²) in [5.74, 6) is -4.02. The highest BCUT2D eigenvalue weighted by molar-refractivity contribution is 6.30. The molecule has 0 aromatic heterocycles. The third-order valence-corrected chi connectivity index (χ3v) is 7.63. The Hall–Kier alpha value is -3.40. The second-order valence-electron chi connectivity index (χ2n) is 9.99. The molecule has 2 aromatic carbocycles. The van der Waals surface area contributed by atoms with E-state index in [1.807, 2.05) is 24.3 Å². The zero-order valence-electron chi connectivity index (χ0n) is 21.4. The highest BCUT2D eigenvalue weighted by atomic mass is 35.5. The number of urea groups is 1. The monoisotopic (exact) mass is 563 g/mol. The minimum atomic E-state index is -1.06. The zero-order valence-corrected chi connectivity index (χ0v) is 22.2. The number of nitrogens with zero attached hydrogens (tertiary/aromatic N) is 1. The number of amides is 3. The van der Waals surface area contributed by atoms with Crippen LogP contribution in [0.25, 0.3) is 0 Å². The number of likely N-dealkylation sites (tertiary alicyclic amines) is 1. The first-order valence-electron chi connectivity index (χ1n) is 13.2. The lowest BCUT2D eigenvalue weighted by Gasteiger charge is -2.32. The molecular formula is C28H32ClF2N3O5. The number of carboxylic acids is 1. The van der Waals surface area contributed by atoms with Crippen molar-refractivity contribution in [2.75, 3.05) is 26.2 Å². The van der Waals surface area contributed by atoms with Crippen molar-refractivity contribution in [2.45, 2.75) is 50.5 Å². The summed E-state index contributed by atoms with van der Waals surface area (Å²) >= 11 is 5.95. The SMILES string of the molecule is O=C(NCCNC(=O)N1CCC(c2ccc(Cl)cc2)CC1)c1c(F)cc(OC2CCC(C(=O)O)CC2)cc1F. The second-order valence-corrected chi connectivity index (χ2v) is 10.4. The number of carbonyl (C=O) groups is 3. The molecule has 0 unspecified atom stereocenters. The van der Waals surface area contributed by atoms with Crippen molar-refractivity contribution in [3.05, 3.63) is 64.2 Å². The summed E-state index contributed by atoms with van der Waals surface area (Å²) in [5.41, 5.74) is 0.469. The fourth-order valence-electron chi connectivity index (χ4n) is 5.15. The first-order valence-corrected chi connectivity index (χ1v) is 13.5. The molecule has 1 aliphatic carbocycles. The number of aliphatic carboxylic acids is 1. The van der Waals surface area contributed by atoms with E-state index in [0.29, 0.717) is 49.7 Å². The van der Waals surface area contributed by atoms with Gasteiger partial charge in [0, 0.05) is 43.3 Å². The first kappa shape index (κ1) is 28.6. The van der Waals surface area contributed by atoms with Gasteiger partial charge in [0.1, 0.15) is 22.9 Å². The Morgan fingerprint density at radius 2 is 1.51 bits per heavy atom. The normalized spacial score (nSPS) is 19.8. The minimum Gasteiger partial charge on any atom is -0.490 e. The molecule has 2 aliphatic rings. The van der Waals surface area contributed by atoms with Crippen molar-refractivity contribution in [3.8, 4) is 5.75 Å². The highest BCUT2D eigenvalue weighted by Crippen LogP contribution is 2.30. The predicted molar refractivity (Wildman–Crippen MR) is 141 cm³/mol. The summed E-state index contributed by atoms with van der Waals surface area (Å²) < 4.78 is 34.8. The number of rotatable bonds is 8. The van der Waals surface area contributed by atoms with E-state index in [0.717, 1.165) is 25.0 Å². The van der Waals surface area contributed by atoms with Gasteiger partial charge in [-0.15, -0.1) is 0 Å². The smallest absolute Gasteiger partial charge is 0.317 e. The Morgan fingerprint density at radius 1 is 0.923 bits per heavy atom. The van der Waals surface area contributed by atoms with Crippen molar-refractivity contribution < 1.29 is 33.0 Å². The third kappa shape index (κ3) is 7.59. The van der Waals surface area contributed by atoms with Crippen molar-refractivity contribution in [1.82, 2.24) is 15.5 Å². The molecule has 1 saturated carbocycles. The standard InChI is InChI=1S/C28H32ClF2N3O5/c29-20-5-1-17(2-6-20)18-9-13-34(14-10-18)28(38)33-12-11-32-26(35)25-23(30)15-22(16-24(25)31)39-21-7-3-19(4-8-21)27(36)37/h1-2,5-6,15-16,18-19,21H,3-4,7-14H2,(H,32,35)(H,33,38)(H,36,37). The lowest BCUT2D eigenvalue weighted by atomic mass is 9.87. The van der Waals surface area contributed by atoms with E-state index >= 15 is 0 Å². The lowest BCUT2D eigenvalue weighted by Crippen LogP contribution is -2.46. The number of benzene rings is 2. The number of hydrogen-bond donors (Lipinski definition) is 3. The molecule has 11 heteroatoms. The number of halogens is 3. The molecule has 8 nitrogen and oxygen atoms in total. The molecule has 0 atom stereocenters. The molecule has 4 rings (SSSR count). The maximum absolute atomic E-state index is 14.6. The lowest BCUT2D eigenvalue weighted by molar-refractivity contribution is -0.143. The van der Waals surface area contributed by atoms with Crippen molar-refractivity contribution in [2.24, 2.45) is 5.92 Å². The maximum atomic E-state index is 14.6. The molecule has 2 aromatic rings. The number of carbonyl (C=O) groups excluding carboxylic acids is 2. The molecule has 210 valence electrons. The number of nitrogens with one attached hydrogen (secondary N) is 2. The summed E-state index contributed by atoms with van der Waals surface area (Å²) in [6.45, 7) is 1.29. The van der Waals surface area contributed by atoms with Gasteiger partial charge in [0.25, 0.3) is 5.91 Å². The van der Waals surface area contributed by atoms with E-state index in [1.54, 1.807) is 4.90 Å². The number of ether oxygens (including phenoxy) is 1. The van der Waals surface area contributed by atoms with Gasteiger partial charge in [-0.25, -0.2) is 13.6 Å². The predicted octanol–water partition coefficient (Wildman–Crippen LogP) is 4.96. The Labute approximate surface area is 230 Å². The van der Waals surface area contributed by atoms with Gasteiger partial charge in [-0.2, -0.15) is 0 Å². The van der Waals surface area contributed by atoms with Crippen LogP contribution in [0.15, 0.2) is 36.4 Å². The van der Waals surface area contributed by atoms with E-state index in [9.17, 15) is 23.2 Å². The van der Waals surface area contributed by atoms with Crippen LogP contribution < -0.4 is 15.4 Å². The molecule has 0 bridgehead atoms. The number of hydrogen-bond acceptors (Lipinski definition) is 4. The van der Waals surface area contributed by atoms with E-state index in [2.05, 4.69) is 10.6 Å². The fourth-order valence-corrected chi connectivity index (χ4v) is 5.28. The summed E-state index contributed by atoms with van der Waals surface area (Å²) in [5, 5.41) is 14.9. The van der Waals surface area contributed by atoms with Crippen molar-refractivity contribution in [1.29, 1.82) is 0 Å². The zero-order chi connectivity index (χ0) is 27.9. The van der Waals surface area contributed by atoms with E-state index in [1.165, 1.54) is 5.56 Å². The van der Waals surface area contributed by atoms with Crippen LogP contribution in [0.4, 0.5) is 13.6 Å². The van der Waals surface area contributed by atoms with Gasteiger partial charge >= 0.3 is 12.0 Å². The summed E-state index contributed by atoms with van der Waals surface area (Å²) in [7, 11) is 0. The maximum Gasteiger partial charge on any atom is 0.317 e. The molecule has 0 spiro atoms. The van der Waals surface area contributed by atoms with Crippen LogP contribution in [0.5, 0.6) is 5.75 Å². The van der Waals surface area contributed by atoms with Gasteiger partial charge in [0.2, 0.25) is 0 Å². The Balaban J connectivity index is 1.19. The molecule has 1 saturated heterocycles. The van der Waals surface area contributed by atoms with Crippen molar-refractivity contribution in [3.63, 3.8) is 0 Å². The van der Waals surface area contributed by atoms with E-state index in [4.69, 9.17) is 21.4 Å². The number of carboxylic acid groups (broad SMARTS) is 1. The summed E-state index contributed by atoms with van der Waals surface area (Å²) in [4.78, 5) is 37.7. The van der Waals surface area contributed by atoms with Gasteiger partial charge in [-0.3, -0.25) is 9.59 Å². The topological polar surface area (TPSA) is 108 Å². The van der Waals surface area contributed by atoms with Gasteiger partial charge in [0.05, 0.1) is 12.0 Å². The molecule has 1 heterocycles. The Morgan fingerprint density at radius 3 is 2.10 bits per heavy atom. The van der Waals surface area contributed by atoms with Crippen LogP contribution in [0, 0.1) is 17.6 Å². The second kappa shape index (κ2) is 13.1. The molecule has 39 heavy (non-hydrogen) atoms. The molecular weight excluding hydrogens is 532 g/mol. The van der Waals surface area contributed by atoms with Crippen LogP contribution >= 0.6 is 11.6 Å². The third-order valence-electron chi connectivity index (χ3n) is 7.38. The number of piperidine rings is 1. The molecule has 2 fully saturated rings. The van der Waals surface area contributed by atoms with Gasteiger partial charge < -0.3 is 25.4 Å². The molecule has 3 N–H and O–H groups in total. The fraction of sp³-hybridized carbons (Fsp3) is 0.464. The van der Waals surface area contributed by atoms with Crippen LogP contribution in [-0.2, 0) is 4.79 Å². The minimum absolute atomic E-state index is 0.00420. The average molecular weight is 564 g/mol. The Kier molecular flexibility index (Phi) is 9.61. The van der Waals surface area contributed by atoms with Crippen molar-refractivity contribution >= 4 is 29.5 Å².